The third-order valence-corrected chi connectivity index (χ3v) is 6.38. The van der Waals surface area contributed by atoms with Crippen LogP contribution in [0.25, 0.3) is 0 Å². The number of esters is 1. The second-order valence-electron chi connectivity index (χ2n) is 7.84. The molecule has 1 aliphatic carbocycles. The third kappa shape index (κ3) is 3.55. The van der Waals surface area contributed by atoms with Gasteiger partial charge in [0.25, 0.3) is 0 Å². The first-order valence-electron chi connectivity index (χ1n) is 9.68. The zero-order valence-electron chi connectivity index (χ0n) is 15.1. The van der Waals surface area contributed by atoms with E-state index in [4.69, 9.17) is 4.74 Å². The second-order valence-corrected chi connectivity index (χ2v) is 7.84. The average Bonchev–Trinajstić information content (AvgIpc) is 3.22. The molecule has 0 aromatic heterocycles. The number of quaternary nitrogens is 1. The largest absolute Gasteiger partial charge is 1.00 e. The Morgan fingerprint density at radius 2 is 1.77 bits per heavy atom. The maximum atomic E-state index is 13.0. The Kier molecular flexibility index (Phi) is 6.06. The molecule has 2 fully saturated rings. The molecular weight excluding hydrogens is 350 g/mol. The van der Waals surface area contributed by atoms with Crippen molar-refractivity contribution in [3.8, 4) is 0 Å². The molecule has 4 nitrogen and oxygen atoms in total. The molecule has 3 heterocycles. The number of nitrogens with one attached hydrogen (secondary N) is 1. The first-order valence-corrected chi connectivity index (χ1v) is 9.68. The van der Waals surface area contributed by atoms with Crippen molar-refractivity contribution < 1.29 is 31.9 Å². The first kappa shape index (κ1) is 19.4. The summed E-state index contributed by atoms with van der Waals surface area (Å²) >= 11 is 0. The average molecular weight is 378 g/mol. The SMILES string of the molecule is O=C(OCC1=C[NH+]2CCC1CC2)C(O)(c1ccccc1)C1CCCC1.[Cl-]. The fourth-order valence-electron chi connectivity index (χ4n) is 4.86. The van der Waals surface area contributed by atoms with E-state index >= 15 is 0 Å². The molecule has 1 aromatic rings. The Morgan fingerprint density at radius 3 is 2.35 bits per heavy atom. The number of halogens is 1. The van der Waals surface area contributed by atoms with E-state index in [-0.39, 0.29) is 18.3 Å². The molecule has 0 amide bonds. The summed E-state index contributed by atoms with van der Waals surface area (Å²) in [6, 6.07) is 9.35. The van der Waals surface area contributed by atoms with Gasteiger partial charge in [0, 0.05) is 24.3 Å². The van der Waals surface area contributed by atoms with E-state index < -0.39 is 11.6 Å². The van der Waals surface area contributed by atoms with Gasteiger partial charge in [-0.3, -0.25) is 0 Å². The second kappa shape index (κ2) is 8.12. The van der Waals surface area contributed by atoms with Gasteiger partial charge in [0.05, 0.1) is 19.3 Å². The summed E-state index contributed by atoms with van der Waals surface area (Å²) in [6.45, 7) is 2.71. The van der Waals surface area contributed by atoms with E-state index in [1.807, 2.05) is 30.3 Å². The quantitative estimate of drug-likeness (QED) is 0.634. The molecule has 1 saturated heterocycles. The lowest BCUT2D eigenvalue weighted by Crippen LogP contribution is -3.10. The molecule has 26 heavy (non-hydrogen) atoms. The monoisotopic (exact) mass is 377 g/mol. The van der Waals surface area contributed by atoms with E-state index in [1.54, 1.807) is 0 Å². The summed E-state index contributed by atoms with van der Waals surface area (Å²) in [5.41, 5.74) is 0.391. The number of hydrogen-bond donors (Lipinski definition) is 2. The van der Waals surface area contributed by atoms with Crippen molar-refractivity contribution >= 4 is 5.97 Å². The van der Waals surface area contributed by atoms with Crippen LogP contribution in [0.2, 0.25) is 0 Å². The van der Waals surface area contributed by atoms with E-state index in [1.165, 1.54) is 36.4 Å². The van der Waals surface area contributed by atoms with E-state index in [2.05, 4.69) is 6.20 Å². The van der Waals surface area contributed by atoms with Crippen molar-refractivity contribution in [1.29, 1.82) is 0 Å². The van der Waals surface area contributed by atoms with E-state index in [0.717, 1.165) is 25.7 Å². The topological polar surface area (TPSA) is 51.0 Å². The molecule has 4 aliphatic rings. The molecule has 142 valence electrons. The number of carbonyl (C=O) groups is 1. The van der Waals surface area contributed by atoms with Gasteiger partial charge >= 0.3 is 5.97 Å². The molecule has 1 atom stereocenters. The normalized spacial score (nSPS) is 27.3. The van der Waals surface area contributed by atoms with Crippen LogP contribution in [0.1, 0.15) is 44.1 Å². The first-order chi connectivity index (χ1) is 12.2. The lowest BCUT2D eigenvalue weighted by molar-refractivity contribution is -0.859. The fraction of sp³-hybridized carbons (Fsp3) is 0.571. The van der Waals surface area contributed by atoms with Crippen LogP contribution < -0.4 is 17.3 Å². The molecule has 1 aromatic carbocycles. The Hall–Kier alpha value is -1.36. The summed E-state index contributed by atoms with van der Waals surface area (Å²) in [4.78, 5) is 14.5. The van der Waals surface area contributed by atoms with Gasteiger partial charge in [-0.1, -0.05) is 43.2 Å². The Morgan fingerprint density at radius 1 is 1.12 bits per heavy atom. The number of benzene rings is 1. The van der Waals surface area contributed by atoms with Crippen LogP contribution in [-0.4, -0.2) is 30.8 Å². The number of aliphatic hydroxyl groups is 1. The number of fused-ring (bicyclic) bond motifs is 2. The number of ether oxygens (including phenoxy) is 1. The van der Waals surface area contributed by atoms with Crippen LogP contribution >= 0.6 is 0 Å². The molecule has 1 unspecified atom stereocenters. The molecule has 0 radical (unpaired) electrons. The van der Waals surface area contributed by atoms with Crippen molar-refractivity contribution in [1.82, 2.24) is 0 Å². The molecule has 1 saturated carbocycles. The molecular formula is C21H28ClNO3. The van der Waals surface area contributed by atoms with Gasteiger partial charge in [0.2, 0.25) is 0 Å². The summed E-state index contributed by atoms with van der Waals surface area (Å²) in [5.74, 6) is 0.0353. The summed E-state index contributed by atoms with van der Waals surface area (Å²) in [6.07, 6.45) is 8.50. The zero-order valence-corrected chi connectivity index (χ0v) is 15.9. The minimum absolute atomic E-state index is 0. The number of piperidine rings is 1. The van der Waals surface area contributed by atoms with Crippen molar-refractivity contribution in [2.24, 2.45) is 11.8 Å². The Bertz CT molecular complexity index is 648. The standard InChI is InChI=1S/C21H27NO3.ClH/c23-20(25-15-17-14-22-12-10-16(17)11-13-22)21(24,19-8-4-5-9-19)18-6-2-1-3-7-18;/h1-3,6-7,14,16,19,24H,4-5,8-13,15H2;1H. The lowest BCUT2D eigenvalue weighted by atomic mass is 9.80. The summed E-state index contributed by atoms with van der Waals surface area (Å²) in [7, 11) is 0. The number of carbonyl (C=O) groups excluding carboxylic acids is 1. The van der Waals surface area contributed by atoms with Crippen molar-refractivity contribution in [3.05, 3.63) is 47.7 Å². The summed E-state index contributed by atoms with van der Waals surface area (Å²) in [5, 5.41) is 11.4. The highest BCUT2D eigenvalue weighted by Crippen LogP contribution is 2.41. The highest BCUT2D eigenvalue weighted by Gasteiger charge is 2.48. The zero-order chi connectivity index (χ0) is 17.3. The fourth-order valence-corrected chi connectivity index (χ4v) is 4.86. The molecule has 2 N–H and O–H groups in total. The van der Waals surface area contributed by atoms with Crippen LogP contribution in [0, 0.1) is 11.8 Å². The van der Waals surface area contributed by atoms with Gasteiger partial charge in [-0.25, -0.2) is 4.79 Å². The van der Waals surface area contributed by atoms with Crippen LogP contribution in [0.3, 0.4) is 0 Å². The minimum atomic E-state index is -1.51. The molecule has 5 heteroatoms. The molecule has 2 bridgehead atoms. The van der Waals surface area contributed by atoms with Crippen molar-refractivity contribution in [2.45, 2.75) is 44.1 Å². The highest BCUT2D eigenvalue weighted by atomic mass is 35.5. The highest BCUT2D eigenvalue weighted by molar-refractivity contribution is 5.81. The van der Waals surface area contributed by atoms with Crippen LogP contribution in [0.5, 0.6) is 0 Å². The van der Waals surface area contributed by atoms with Gasteiger partial charge in [0.15, 0.2) is 5.60 Å². The van der Waals surface area contributed by atoms with Crippen LogP contribution in [0.15, 0.2) is 42.1 Å². The molecule has 5 rings (SSSR count). The predicted molar refractivity (Wildman–Crippen MR) is 94.8 cm³/mol. The summed E-state index contributed by atoms with van der Waals surface area (Å²) < 4.78 is 5.70. The van der Waals surface area contributed by atoms with Crippen LogP contribution in [-0.2, 0) is 15.1 Å². The van der Waals surface area contributed by atoms with Gasteiger partial charge < -0.3 is 27.2 Å². The lowest BCUT2D eigenvalue weighted by Gasteiger charge is -2.35. The Balaban J connectivity index is 0.00000196. The van der Waals surface area contributed by atoms with Gasteiger partial charge in [-0.15, -0.1) is 0 Å². The van der Waals surface area contributed by atoms with Gasteiger partial charge in [-0.2, -0.15) is 0 Å². The number of hydrogen-bond acceptors (Lipinski definition) is 3. The van der Waals surface area contributed by atoms with Gasteiger partial charge in [-0.05, 0) is 24.3 Å². The van der Waals surface area contributed by atoms with Gasteiger partial charge in [0.1, 0.15) is 6.61 Å². The van der Waals surface area contributed by atoms with E-state index in [9.17, 15) is 9.90 Å². The molecule has 3 aliphatic heterocycles. The van der Waals surface area contributed by atoms with Crippen LogP contribution in [0.4, 0.5) is 0 Å². The number of rotatable bonds is 5. The van der Waals surface area contributed by atoms with Crippen molar-refractivity contribution in [3.63, 3.8) is 0 Å². The maximum absolute atomic E-state index is 13.0. The van der Waals surface area contributed by atoms with Crippen molar-refractivity contribution in [2.75, 3.05) is 19.7 Å². The smallest absolute Gasteiger partial charge is 0.343 e. The third-order valence-electron chi connectivity index (χ3n) is 6.38. The minimum Gasteiger partial charge on any atom is -1.00 e. The predicted octanol–water partition coefficient (Wildman–Crippen LogP) is -1.20. The maximum Gasteiger partial charge on any atom is 0.343 e. The Labute approximate surface area is 161 Å². The van der Waals surface area contributed by atoms with E-state index in [0.29, 0.717) is 18.1 Å². The molecule has 0 spiro atoms.